The van der Waals surface area contributed by atoms with Crippen molar-refractivity contribution in [1.82, 2.24) is 0 Å². The predicted molar refractivity (Wildman–Crippen MR) is 151 cm³/mol. The van der Waals surface area contributed by atoms with Crippen molar-refractivity contribution in [2.75, 3.05) is 17.2 Å². The summed E-state index contributed by atoms with van der Waals surface area (Å²) in [7, 11) is -10.00. The molecule has 14 nitrogen and oxygen atoms in total. The van der Waals surface area contributed by atoms with Gasteiger partial charge in [0, 0.05) is 70.5 Å². The topological polar surface area (TPSA) is 256 Å². The van der Waals surface area contributed by atoms with Crippen LogP contribution in [-0.2, 0) is 20.2 Å². The molecule has 0 unspecified atom stereocenters. The van der Waals surface area contributed by atoms with Gasteiger partial charge in [0.15, 0.2) is 5.75 Å². The maximum absolute atomic E-state index is 12.1. The molecule has 4 aromatic carbocycles. The van der Waals surface area contributed by atoms with E-state index in [9.17, 15) is 31.0 Å². The van der Waals surface area contributed by atoms with E-state index in [1.807, 2.05) is 0 Å². The molecule has 4 aromatic rings. The second-order valence-corrected chi connectivity index (χ2v) is 10.6. The first-order chi connectivity index (χ1) is 17.8. The van der Waals surface area contributed by atoms with Gasteiger partial charge in [-0.2, -0.15) is 27.1 Å². The first-order valence-corrected chi connectivity index (χ1v) is 13.3. The van der Waals surface area contributed by atoms with E-state index in [2.05, 4.69) is 20.5 Å². The van der Waals surface area contributed by atoms with Crippen LogP contribution in [0.5, 0.6) is 5.75 Å². The first-order valence-electron chi connectivity index (χ1n) is 10.4. The Labute approximate surface area is 272 Å². The number of fused-ring (bicyclic) bond motifs is 1. The summed E-state index contributed by atoms with van der Waals surface area (Å²) in [6, 6.07) is 13.6. The van der Waals surface area contributed by atoms with Crippen LogP contribution in [0, 0.1) is 0 Å². The van der Waals surface area contributed by atoms with Crippen LogP contribution in [-0.4, -0.2) is 90.2 Å². The molecule has 0 amide bonds. The van der Waals surface area contributed by atoms with E-state index in [0.717, 1.165) is 12.1 Å². The number of hydrogen-bond acceptors (Lipinski definition) is 12. The van der Waals surface area contributed by atoms with E-state index in [4.69, 9.17) is 17.2 Å². The summed E-state index contributed by atoms with van der Waals surface area (Å²) in [6.45, 7) is 0. The normalized spacial score (nSPS) is 11.9. The number of nitrogens with two attached hydrogens (primary N) is 3. The SMILES string of the molecule is Nc1ccc(N=Nc2c(S(=O)(=O)O)cc3cc(S(=O)(=O)O)c(N=Nc4ccc(N)cc4)c(O)c3c2N)cc1.[Na].[Na]. The number of nitrogens with zero attached hydrogens (tertiary/aromatic N) is 4. The van der Waals surface area contributed by atoms with Gasteiger partial charge in [-0.05, 0) is 66.0 Å². The Morgan fingerprint density at radius 2 is 0.975 bits per heavy atom. The molecule has 0 aliphatic heterocycles. The molecule has 0 spiro atoms. The Morgan fingerprint density at radius 1 is 0.600 bits per heavy atom. The van der Waals surface area contributed by atoms with Crippen molar-refractivity contribution in [3.05, 3.63) is 60.7 Å². The molecular weight excluding hydrogens is 584 g/mol. The molecule has 0 heterocycles. The van der Waals surface area contributed by atoms with Gasteiger partial charge in [0.25, 0.3) is 20.2 Å². The van der Waals surface area contributed by atoms with Crippen LogP contribution in [0.4, 0.5) is 39.8 Å². The third kappa shape index (κ3) is 7.35. The van der Waals surface area contributed by atoms with Crippen molar-refractivity contribution in [2.45, 2.75) is 9.79 Å². The number of nitrogen functional groups attached to an aromatic ring is 3. The minimum Gasteiger partial charge on any atom is -0.505 e. The molecule has 198 valence electrons. The molecule has 0 saturated heterocycles. The van der Waals surface area contributed by atoms with Gasteiger partial charge in [0.05, 0.1) is 22.4 Å². The molecule has 18 heteroatoms. The monoisotopic (exact) mass is 603 g/mol. The number of aromatic hydroxyl groups is 1. The maximum atomic E-state index is 12.1. The van der Waals surface area contributed by atoms with Crippen molar-refractivity contribution < 1.29 is 31.0 Å². The fourth-order valence-electron chi connectivity index (χ4n) is 3.40. The zero-order chi connectivity index (χ0) is 27.8. The van der Waals surface area contributed by atoms with Gasteiger partial charge in [0.1, 0.15) is 21.2 Å². The summed E-state index contributed by atoms with van der Waals surface area (Å²) in [5, 5.41) is 25.8. The minimum absolute atomic E-state index is 0. The Bertz CT molecular complexity index is 1720. The molecule has 0 saturated carbocycles. The van der Waals surface area contributed by atoms with E-state index in [-0.39, 0.29) is 81.3 Å². The molecular formula is C22H19N7Na2O7S2. The molecule has 0 aromatic heterocycles. The second-order valence-electron chi connectivity index (χ2n) is 7.84. The number of benzene rings is 4. The average molecular weight is 604 g/mol. The van der Waals surface area contributed by atoms with Gasteiger partial charge in [-0.1, -0.05) is 0 Å². The van der Waals surface area contributed by atoms with Crippen molar-refractivity contribution in [3.63, 3.8) is 0 Å². The number of azo groups is 2. The summed E-state index contributed by atoms with van der Waals surface area (Å²) in [5.41, 5.74) is 17.0. The third-order valence-electron chi connectivity index (χ3n) is 5.19. The minimum atomic E-state index is -5.02. The van der Waals surface area contributed by atoms with Crippen LogP contribution < -0.4 is 17.2 Å². The van der Waals surface area contributed by atoms with Crippen LogP contribution in [0.25, 0.3) is 10.8 Å². The van der Waals surface area contributed by atoms with E-state index in [0.29, 0.717) is 11.4 Å². The fourth-order valence-corrected chi connectivity index (χ4v) is 4.73. The summed E-state index contributed by atoms with van der Waals surface area (Å²) >= 11 is 0. The molecule has 0 fully saturated rings. The van der Waals surface area contributed by atoms with Gasteiger partial charge in [-0.3, -0.25) is 9.11 Å². The molecule has 0 bridgehead atoms. The Balaban J connectivity index is 0.00000280. The van der Waals surface area contributed by atoms with Crippen LogP contribution in [0.1, 0.15) is 0 Å². The molecule has 0 atom stereocenters. The van der Waals surface area contributed by atoms with Gasteiger partial charge < -0.3 is 22.3 Å². The van der Waals surface area contributed by atoms with Crippen LogP contribution in [0.2, 0.25) is 0 Å². The third-order valence-corrected chi connectivity index (χ3v) is 6.92. The molecule has 4 rings (SSSR count). The van der Waals surface area contributed by atoms with E-state index >= 15 is 0 Å². The van der Waals surface area contributed by atoms with Gasteiger partial charge in [-0.25, -0.2) is 0 Å². The van der Waals surface area contributed by atoms with Crippen molar-refractivity contribution in [1.29, 1.82) is 0 Å². The summed E-state index contributed by atoms with van der Waals surface area (Å²) < 4.78 is 68.0. The summed E-state index contributed by atoms with van der Waals surface area (Å²) in [4.78, 5) is -1.74. The Hall–Kier alpha value is -2.64. The van der Waals surface area contributed by atoms with E-state index < -0.39 is 52.8 Å². The number of anilines is 3. The molecule has 0 aliphatic rings. The van der Waals surface area contributed by atoms with Gasteiger partial charge in [-0.15, -0.1) is 10.2 Å². The van der Waals surface area contributed by atoms with E-state index in [1.165, 1.54) is 48.5 Å². The second kappa shape index (κ2) is 12.9. The molecule has 40 heavy (non-hydrogen) atoms. The van der Waals surface area contributed by atoms with Gasteiger partial charge in [0.2, 0.25) is 0 Å². The van der Waals surface area contributed by atoms with Crippen LogP contribution in [0.15, 0.2) is 90.9 Å². The average Bonchev–Trinajstić information content (AvgIpc) is 2.83. The first kappa shape index (κ1) is 33.6. The van der Waals surface area contributed by atoms with Crippen molar-refractivity contribution in [3.8, 4) is 5.75 Å². The molecule has 0 aliphatic carbocycles. The number of phenols is 1. The molecule has 2 radical (unpaired) electrons. The number of rotatable bonds is 6. The van der Waals surface area contributed by atoms with Crippen LogP contribution in [0.3, 0.4) is 0 Å². The zero-order valence-corrected chi connectivity index (χ0v) is 26.7. The summed E-state index contributed by atoms with van der Waals surface area (Å²) in [5.74, 6) is -0.863. The van der Waals surface area contributed by atoms with Crippen LogP contribution >= 0.6 is 0 Å². The largest absolute Gasteiger partial charge is 0.505 e. The Kier molecular flexibility index (Phi) is 10.8. The van der Waals surface area contributed by atoms with Crippen molar-refractivity contribution in [2.24, 2.45) is 20.5 Å². The number of hydrogen-bond donors (Lipinski definition) is 6. The predicted octanol–water partition coefficient (Wildman–Crippen LogP) is 3.85. The summed E-state index contributed by atoms with van der Waals surface area (Å²) in [6.07, 6.45) is 0. The maximum Gasteiger partial charge on any atom is 0.296 e. The number of phenolic OH excluding ortho intramolecular Hbond substituents is 1. The van der Waals surface area contributed by atoms with E-state index in [1.54, 1.807) is 0 Å². The smallest absolute Gasteiger partial charge is 0.296 e. The Morgan fingerprint density at radius 3 is 1.38 bits per heavy atom. The zero-order valence-electron chi connectivity index (χ0n) is 21.1. The van der Waals surface area contributed by atoms with Crippen molar-refractivity contribution >= 4 is 130 Å². The standard InChI is InChI=1S/C22H19N7O7S2.2Na/c23-12-1-5-14(6-2-12)26-28-20-16(37(31,32)33)9-11-10-17(38(34,35)36)21(22(30)18(11)19(20)25)29-27-15-7-3-13(24)4-8-15;;/h1-10,30H,23-25H2,(H,31,32,33)(H,34,35,36);;. The van der Waals surface area contributed by atoms with Gasteiger partial charge >= 0.3 is 0 Å². The fraction of sp³-hybridized carbons (Fsp3) is 0. The quantitative estimate of drug-likeness (QED) is 0.0802. The molecule has 9 N–H and O–H groups in total.